The van der Waals surface area contributed by atoms with E-state index in [1.807, 2.05) is 0 Å². The third-order valence-corrected chi connectivity index (χ3v) is 16.2. The minimum absolute atomic E-state index is 1.12. The number of para-hydroxylation sites is 3. The lowest BCUT2D eigenvalue weighted by Gasteiger charge is -2.16. The van der Waals surface area contributed by atoms with Crippen LogP contribution in [0.25, 0.3) is 138 Å². The second-order valence-corrected chi connectivity index (χ2v) is 20.8. The molecule has 0 amide bonds. The summed E-state index contributed by atoms with van der Waals surface area (Å²) in [6.07, 6.45) is 2.16. The van der Waals surface area contributed by atoms with E-state index >= 15 is 0 Å². The molecule has 3 nitrogen and oxygen atoms in total. The van der Waals surface area contributed by atoms with Gasteiger partial charge in [-0.3, -0.25) is 0 Å². The van der Waals surface area contributed by atoms with Crippen molar-refractivity contribution in [1.82, 2.24) is 13.7 Å². The number of fused-ring (bicyclic) bond motifs is 9. The second-order valence-electron chi connectivity index (χ2n) is 20.8. The highest BCUT2D eigenvalue weighted by atomic mass is 15.0. The Balaban J connectivity index is 0.000000174. The molecule has 0 spiro atoms. The molecule has 13 aromatic carbocycles. The van der Waals surface area contributed by atoms with Crippen LogP contribution in [0.3, 0.4) is 0 Å². The van der Waals surface area contributed by atoms with Crippen molar-refractivity contribution in [2.24, 2.45) is 0 Å². The van der Waals surface area contributed by atoms with E-state index in [0.717, 1.165) is 11.4 Å². The monoisotopic (exact) mass is 1030 g/mol. The molecule has 3 aromatic heterocycles. The summed E-state index contributed by atoms with van der Waals surface area (Å²) in [5.74, 6) is 0. The first-order valence-electron chi connectivity index (χ1n) is 27.8. The number of aromatic nitrogens is 3. The molecule has 16 aromatic rings. The highest BCUT2D eigenvalue weighted by Gasteiger charge is 2.29. The van der Waals surface area contributed by atoms with Crippen molar-refractivity contribution in [3.63, 3.8) is 0 Å². The molecule has 0 aliphatic carbocycles. The fourth-order valence-corrected chi connectivity index (χ4v) is 12.5. The van der Waals surface area contributed by atoms with Gasteiger partial charge in [-0.2, -0.15) is 0 Å². The smallest absolute Gasteiger partial charge is 0.0620 e. The van der Waals surface area contributed by atoms with Gasteiger partial charge < -0.3 is 13.7 Å². The number of hydrogen-bond donors (Lipinski definition) is 0. The molecule has 0 bridgehead atoms. The topological polar surface area (TPSA) is 14.8 Å². The SMILES string of the molecule is c1ccc(-c2ccc(-n3c(-c4ccccc4)c(-c4c(-c5ccccc5)n(-c5ccc(-c6ccccc6)cc5)c5ccccc45)c4ccccc43)cc2)cc1.c1ccc2c(c1)ccn2-c1ccc2c3ccccc3c3ccccc3c2c1. The maximum atomic E-state index is 2.46. The van der Waals surface area contributed by atoms with Gasteiger partial charge in [0, 0.05) is 45.2 Å². The largest absolute Gasteiger partial charge is 0.317 e. The summed E-state index contributed by atoms with van der Waals surface area (Å²) in [6.45, 7) is 0. The summed E-state index contributed by atoms with van der Waals surface area (Å²) in [5.41, 5.74) is 19.0. The van der Waals surface area contributed by atoms with E-state index in [1.54, 1.807) is 0 Å². The molecule has 81 heavy (non-hydrogen) atoms. The zero-order valence-electron chi connectivity index (χ0n) is 44.4. The Morgan fingerprint density at radius 3 is 0.963 bits per heavy atom. The van der Waals surface area contributed by atoms with Crippen molar-refractivity contribution in [2.45, 2.75) is 0 Å². The molecule has 380 valence electrons. The van der Waals surface area contributed by atoms with Crippen LogP contribution in [0.4, 0.5) is 0 Å². The van der Waals surface area contributed by atoms with E-state index in [-0.39, 0.29) is 0 Å². The first-order valence-corrected chi connectivity index (χ1v) is 27.8. The average molecular weight is 1030 g/mol. The first kappa shape index (κ1) is 47.5. The summed E-state index contributed by atoms with van der Waals surface area (Å²) in [7, 11) is 0. The molecule has 0 N–H and O–H groups in total. The number of hydrogen-bond acceptors (Lipinski definition) is 0. The van der Waals surface area contributed by atoms with Crippen LogP contribution in [0, 0.1) is 0 Å². The van der Waals surface area contributed by atoms with Gasteiger partial charge in [0.25, 0.3) is 0 Å². The minimum atomic E-state index is 1.12. The highest BCUT2D eigenvalue weighted by Crippen LogP contribution is 2.51. The zero-order valence-corrected chi connectivity index (χ0v) is 44.4. The maximum absolute atomic E-state index is 2.46. The number of nitrogens with zero attached hydrogens (tertiary/aromatic N) is 3. The molecular weight excluding hydrogens is 979 g/mol. The fraction of sp³-hybridized carbons (Fsp3) is 0. The van der Waals surface area contributed by atoms with Crippen LogP contribution in [-0.2, 0) is 0 Å². The van der Waals surface area contributed by atoms with E-state index in [1.165, 1.54) is 127 Å². The normalized spacial score (nSPS) is 11.5. The highest BCUT2D eigenvalue weighted by molar-refractivity contribution is 6.25. The molecule has 0 aliphatic heterocycles. The Morgan fingerprint density at radius 1 is 0.198 bits per heavy atom. The number of rotatable bonds is 8. The van der Waals surface area contributed by atoms with Crippen molar-refractivity contribution in [1.29, 1.82) is 0 Å². The first-order chi connectivity index (χ1) is 40.2. The Hall–Kier alpha value is -10.7. The molecule has 3 heteroatoms. The Kier molecular flexibility index (Phi) is 11.9. The van der Waals surface area contributed by atoms with Crippen LogP contribution in [0.1, 0.15) is 0 Å². The van der Waals surface area contributed by atoms with Gasteiger partial charge in [0.15, 0.2) is 0 Å². The summed E-state index contributed by atoms with van der Waals surface area (Å²) in [4.78, 5) is 0. The van der Waals surface area contributed by atoms with Crippen molar-refractivity contribution in [3.05, 3.63) is 322 Å². The van der Waals surface area contributed by atoms with Gasteiger partial charge in [0.05, 0.1) is 27.9 Å². The van der Waals surface area contributed by atoms with Crippen LogP contribution < -0.4 is 0 Å². The van der Waals surface area contributed by atoms with Gasteiger partial charge in [-0.05, 0) is 132 Å². The van der Waals surface area contributed by atoms with E-state index < -0.39 is 0 Å². The summed E-state index contributed by atoms with van der Waals surface area (Å²) >= 11 is 0. The molecule has 0 fully saturated rings. The molecular formula is C78H53N3. The van der Waals surface area contributed by atoms with Crippen molar-refractivity contribution < 1.29 is 0 Å². The van der Waals surface area contributed by atoms with Crippen molar-refractivity contribution >= 4 is 65.0 Å². The standard InChI is InChI=1S/C52H36N2.C26H17N/c1-5-17-37(18-6-1)39-29-33-43(34-30-39)53-47-27-15-13-25-45(47)49(51(53)41-21-9-3-10-22-41)50-46-26-14-16-28-48(46)54(52(50)42-23-11-4-12-24-42)44-35-31-40(32-36-44)38-19-7-2-8-20-38;1-6-12-26-18(7-1)15-16-27(26)19-13-14-24-22-10-3-2-8-20(22)21-9-4-5-11-23(21)25(24)17-19/h1-36H;1-17H. The Labute approximate surface area is 470 Å². The summed E-state index contributed by atoms with van der Waals surface area (Å²) in [6, 6.07) is 114. The van der Waals surface area contributed by atoms with Gasteiger partial charge in [-0.15, -0.1) is 0 Å². The van der Waals surface area contributed by atoms with E-state index in [4.69, 9.17) is 0 Å². The van der Waals surface area contributed by atoms with E-state index in [0.29, 0.717) is 0 Å². The predicted octanol–water partition coefficient (Wildman–Crippen LogP) is 21.0. The van der Waals surface area contributed by atoms with Crippen LogP contribution in [-0.4, -0.2) is 13.7 Å². The van der Waals surface area contributed by atoms with Crippen molar-refractivity contribution in [3.8, 4) is 73.0 Å². The van der Waals surface area contributed by atoms with Gasteiger partial charge in [0.1, 0.15) is 0 Å². The summed E-state index contributed by atoms with van der Waals surface area (Å²) in [5, 5.41) is 11.6. The molecule has 16 rings (SSSR count). The van der Waals surface area contributed by atoms with Gasteiger partial charge in [-0.1, -0.05) is 255 Å². The van der Waals surface area contributed by atoms with Crippen molar-refractivity contribution in [2.75, 3.05) is 0 Å². The second kappa shape index (κ2) is 20.2. The van der Waals surface area contributed by atoms with Crippen LogP contribution in [0.15, 0.2) is 322 Å². The summed E-state index contributed by atoms with van der Waals surface area (Å²) < 4.78 is 7.20. The maximum Gasteiger partial charge on any atom is 0.0620 e. The van der Waals surface area contributed by atoms with Crippen LogP contribution in [0.5, 0.6) is 0 Å². The minimum Gasteiger partial charge on any atom is -0.317 e. The molecule has 0 radical (unpaired) electrons. The molecule has 3 heterocycles. The number of benzene rings is 13. The molecule has 0 saturated heterocycles. The quantitative estimate of drug-likeness (QED) is 0.135. The lowest BCUT2D eigenvalue weighted by molar-refractivity contribution is 1.13. The predicted molar refractivity (Wildman–Crippen MR) is 343 cm³/mol. The van der Waals surface area contributed by atoms with Gasteiger partial charge in [-0.25, -0.2) is 0 Å². The molecule has 0 atom stereocenters. The third-order valence-electron chi connectivity index (χ3n) is 16.2. The van der Waals surface area contributed by atoms with Gasteiger partial charge in [0.2, 0.25) is 0 Å². The van der Waals surface area contributed by atoms with Crippen LogP contribution >= 0.6 is 0 Å². The van der Waals surface area contributed by atoms with E-state index in [9.17, 15) is 0 Å². The lowest BCUT2D eigenvalue weighted by Crippen LogP contribution is -1.99. The molecule has 0 saturated carbocycles. The zero-order chi connectivity index (χ0) is 53.6. The van der Waals surface area contributed by atoms with Crippen LogP contribution in [0.2, 0.25) is 0 Å². The van der Waals surface area contributed by atoms with Gasteiger partial charge >= 0.3 is 0 Å². The third kappa shape index (κ3) is 8.30. The van der Waals surface area contributed by atoms with E-state index in [2.05, 4.69) is 335 Å². The molecule has 0 aliphatic rings. The lowest BCUT2D eigenvalue weighted by atomic mass is 9.93. The Morgan fingerprint density at radius 2 is 0.519 bits per heavy atom. The fourth-order valence-electron chi connectivity index (χ4n) is 12.5. The Bertz CT molecular complexity index is 4700. The average Bonchev–Trinajstić information content (AvgIpc) is 4.45. The molecule has 0 unspecified atom stereocenters.